The van der Waals surface area contributed by atoms with Crippen LogP contribution in [-0.4, -0.2) is 127 Å². The van der Waals surface area contributed by atoms with Gasteiger partial charge in [-0.2, -0.15) is 0 Å². The maximum Gasteiger partial charge on any atom is 0.303 e. The number of phenolic OH excluding ortho intramolecular Hbond substituents is 4. The topological polar surface area (TPSA) is 298 Å². The van der Waals surface area contributed by atoms with Crippen molar-refractivity contribution in [3.8, 4) is 34.5 Å². The molecule has 0 amide bonds. The van der Waals surface area contributed by atoms with Crippen LogP contribution in [0.15, 0.2) is 48.5 Å². The number of hydrogen-bond donors (Lipinski definition) is 6. The van der Waals surface area contributed by atoms with Gasteiger partial charge in [-0.05, 0) is 85.3 Å². The van der Waals surface area contributed by atoms with E-state index in [1.807, 2.05) is 0 Å². The van der Waals surface area contributed by atoms with E-state index in [1.165, 1.54) is 50.2 Å². The zero-order chi connectivity index (χ0) is 50.9. The van der Waals surface area contributed by atoms with Crippen molar-refractivity contribution in [1.82, 2.24) is 0 Å². The number of aromatic hydroxyl groups is 4. The Labute approximate surface area is 399 Å². The Morgan fingerprint density at radius 2 is 0.814 bits per heavy atom. The van der Waals surface area contributed by atoms with Gasteiger partial charge in [0, 0.05) is 39.5 Å². The van der Waals surface area contributed by atoms with Crippen LogP contribution in [0, 0.1) is 13.8 Å². The van der Waals surface area contributed by atoms with Gasteiger partial charge in [0.25, 0.3) is 0 Å². The maximum absolute atomic E-state index is 14.8. The van der Waals surface area contributed by atoms with Crippen molar-refractivity contribution in [2.24, 2.45) is 0 Å². The average Bonchev–Trinajstić information content (AvgIpc) is 3.25. The number of ether oxygens (including phenoxy) is 8. The summed E-state index contributed by atoms with van der Waals surface area (Å²) in [5.74, 6) is -10.5. The van der Waals surface area contributed by atoms with Gasteiger partial charge in [-0.25, -0.2) is 0 Å². The minimum absolute atomic E-state index is 0.135. The Morgan fingerprint density at radius 1 is 0.486 bits per heavy atom. The third kappa shape index (κ3) is 8.60. The van der Waals surface area contributed by atoms with E-state index >= 15 is 0 Å². The molecule has 0 radical (unpaired) electrons. The van der Waals surface area contributed by atoms with E-state index in [0.717, 1.165) is 27.7 Å². The molecule has 2 heterocycles. The Hall–Kier alpha value is -7.26. The maximum atomic E-state index is 14.8. The molecule has 2 aliphatic carbocycles. The first-order valence-corrected chi connectivity index (χ1v) is 22.2. The molecular formula is C50H50O20. The van der Waals surface area contributed by atoms with Crippen LogP contribution in [0.1, 0.15) is 119 Å². The van der Waals surface area contributed by atoms with E-state index in [2.05, 4.69) is 0 Å². The largest absolute Gasteiger partial charge is 0.507 e. The lowest BCUT2D eigenvalue weighted by molar-refractivity contribution is -0.277. The first-order valence-electron chi connectivity index (χ1n) is 22.2. The summed E-state index contributed by atoms with van der Waals surface area (Å²) in [6.07, 6.45) is -14.5. The third-order valence-corrected chi connectivity index (χ3v) is 12.7. The standard InChI is InChI=1S/C50H50O20/c1-17-13-27-33(25-9-11-31(41(59)37(25)43(61)35(27)29(55)15-17)69-49-47(67-23(7)53)45(65-21(5)51)39(57)19(3)63-49)34-26-10-12-32(42(60)38(26)44(62)36-28(34)14-18(2)16-30(36)56)70-50-48(68-24(8)54)46(66-22(6)52)40(58)20(4)64-50/h9-16,19-20,33-34,39-40,45-50,55-60H,1-8H3/t19-,20-,33?,34?,39-,40-,45+,46+,47+,48+,49-,50-/m0/s1. The summed E-state index contributed by atoms with van der Waals surface area (Å²) in [5.41, 5.74) is 0.555. The van der Waals surface area contributed by atoms with E-state index in [4.69, 9.17) is 37.9 Å². The van der Waals surface area contributed by atoms with Gasteiger partial charge in [-0.3, -0.25) is 28.8 Å². The van der Waals surface area contributed by atoms with E-state index in [9.17, 15) is 59.4 Å². The van der Waals surface area contributed by atoms with Crippen molar-refractivity contribution in [2.75, 3.05) is 0 Å². The Balaban J connectivity index is 1.29. The van der Waals surface area contributed by atoms with Crippen LogP contribution >= 0.6 is 0 Å². The van der Waals surface area contributed by atoms with Crippen molar-refractivity contribution >= 4 is 35.4 Å². The lowest BCUT2D eigenvalue weighted by Gasteiger charge is -2.42. The molecule has 20 heteroatoms. The molecule has 70 heavy (non-hydrogen) atoms. The second-order valence-electron chi connectivity index (χ2n) is 17.8. The number of benzene rings is 4. The van der Waals surface area contributed by atoms with E-state index in [-0.39, 0.29) is 44.5 Å². The number of aryl methyl sites for hydroxylation is 2. The monoisotopic (exact) mass is 970 g/mol. The summed E-state index contributed by atoms with van der Waals surface area (Å²) in [6.45, 7) is 10.5. The summed E-state index contributed by atoms with van der Waals surface area (Å²) < 4.78 is 45.4. The van der Waals surface area contributed by atoms with Gasteiger partial charge in [0.1, 0.15) is 23.7 Å². The first-order chi connectivity index (χ1) is 33.0. The highest BCUT2D eigenvalue weighted by atomic mass is 16.7. The molecule has 0 aromatic heterocycles. The molecule has 4 aliphatic rings. The summed E-state index contributed by atoms with van der Waals surface area (Å²) in [5, 5.41) is 69.4. The van der Waals surface area contributed by atoms with Gasteiger partial charge >= 0.3 is 23.9 Å². The molecule has 4 aromatic carbocycles. The highest BCUT2D eigenvalue weighted by Crippen LogP contribution is 2.57. The molecule has 20 nitrogen and oxygen atoms in total. The van der Waals surface area contributed by atoms with Crippen LogP contribution < -0.4 is 9.47 Å². The second kappa shape index (κ2) is 18.6. The highest BCUT2D eigenvalue weighted by molar-refractivity contribution is 6.18. The summed E-state index contributed by atoms with van der Waals surface area (Å²) >= 11 is 0. The van der Waals surface area contributed by atoms with Crippen molar-refractivity contribution in [1.29, 1.82) is 0 Å². The fraction of sp³-hybridized carbons (Fsp3) is 0.400. The van der Waals surface area contributed by atoms with Crippen LogP contribution in [0.3, 0.4) is 0 Å². The molecular weight excluding hydrogens is 921 g/mol. The molecule has 2 fully saturated rings. The Bertz CT molecular complexity index is 2660. The van der Waals surface area contributed by atoms with Gasteiger partial charge < -0.3 is 68.5 Å². The SMILES string of the molecule is CC(=O)O[C@@H]1[C@@H](O)[C@H](C)O[C@@H](Oc2ccc3c(c2O)C(=O)c2c(O)cc(C)cc2C3C2c3cc(C)cc(O)c3C(=O)c3c2ccc(O[C@@H]2O[C@@H](C)[C@H](O)[C@@H](OC(C)=O)[C@H]2OC(C)=O)c3O)[C@@H]1OC(C)=O. The van der Waals surface area contributed by atoms with Crippen molar-refractivity contribution in [2.45, 2.75) is 129 Å². The molecule has 12 atom stereocenters. The molecule has 0 spiro atoms. The summed E-state index contributed by atoms with van der Waals surface area (Å²) in [4.78, 5) is 78.3. The van der Waals surface area contributed by atoms with Crippen molar-refractivity contribution in [3.63, 3.8) is 0 Å². The van der Waals surface area contributed by atoms with Gasteiger partial charge in [-0.1, -0.05) is 24.3 Å². The number of carbonyl (C=O) groups excluding carboxylic acids is 6. The molecule has 2 saturated heterocycles. The summed E-state index contributed by atoms with van der Waals surface area (Å²) in [7, 11) is 0. The van der Waals surface area contributed by atoms with Crippen molar-refractivity contribution in [3.05, 3.63) is 104 Å². The van der Waals surface area contributed by atoms with Gasteiger partial charge in [0.05, 0.1) is 34.5 Å². The molecule has 4 aromatic rings. The second-order valence-corrected chi connectivity index (χ2v) is 17.8. The predicted octanol–water partition coefficient (Wildman–Crippen LogP) is 3.87. The van der Waals surface area contributed by atoms with Crippen molar-refractivity contribution < 1.29 is 97.3 Å². The Kier molecular flexibility index (Phi) is 13.0. The number of esters is 4. The third-order valence-electron chi connectivity index (χ3n) is 12.7. The fourth-order valence-corrected chi connectivity index (χ4v) is 9.94. The molecule has 6 N–H and O–H groups in total. The van der Waals surface area contributed by atoms with Gasteiger partial charge in [-0.15, -0.1) is 0 Å². The smallest absolute Gasteiger partial charge is 0.303 e. The predicted molar refractivity (Wildman–Crippen MR) is 237 cm³/mol. The number of aliphatic hydroxyl groups is 2. The van der Waals surface area contributed by atoms with Gasteiger partial charge in [0.2, 0.25) is 36.4 Å². The molecule has 0 bridgehead atoms. The number of hydrogen-bond acceptors (Lipinski definition) is 20. The molecule has 0 saturated carbocycles. The number of rotatable bonds is 9. The number of ketones is 2. The lowest BCUT2D eigenvalue weighted by atomic mass is 9.63. The number of aliphatic hydroxyl groups excluding tert-OH is 2. The first kappa shape index (κ1) is 49.2. The van der Waals surface area contributed by atoms with Gasteiger partial charge in [0.15, 0.2) is 35.2 Å². The normalized spacial score (nSPS) is 27.7. The molecule has 2 aliphatic heterocycles. The minimum Gasteiger partial charge on any atom is -0.507 e. The van der Waals surface area contributed by atoms with Crippen LogP contribution in [0.2, 0.25) is 0 Å². The molecule has 8 rings (SSSR count). The van der Waals surface area contributed by atoms with Crippen LogP contribution in [-0.2, 0) is 47.6 Å². The van der Waals surface area contributed by atoms with E-state index in [1.54, 1.807) is 26.0 Å². The zero-order valence-corrected chi connectivity index (χ0v) is 38.9. The molecule has 370 valence electrons. The van der Waals surface area contributed by atoms with Crippen LogP contribution in [0.4, 0.5) is 0 Å². The van der Waals surface area contributed by atoms with E-state index < -0.39 is 143 Å². The minimum atomic E-state index is -1.63. The zero-order valence-electron chi connectivity index (χ0n) is 38.9. The quantitative estimate of drug-likeness (QED) is 0.102. The average molecular weight is 971 g/mol. The van der Waals surface area contributed by atoms with Crippen LogP contribution in [0.5, 0.6) is 34.5 Å². The van der Waals surface area contributed by atoms with E-state index in [0.29, 0.717) is 11.1 Å². The number of phenols is 4. The van der Waals surface area contributed by atoms with Crippen LogP contribution in [0.25, 0.3) is 0 Å². The lowest BCUT2D eigenvalue weighted by Crippen LogP contribution is -2.60. The highest BCUT2D eigenvalue weighted by Gasteiger charge is 2.52. The summed E-state index contributed by atoms with van der Waals surface area (Å²) in [6, 6.07) is 11.5. The molecule has 2 unspecified atom stereocenters. The number of fused-ring (bicyclic) bond motifs is 4. The Morgan fingerprint density at radius 3 is 1.14 bits per heavy atom. The number of carbonyl (C=O) groups is 6. The fourth-order valence-electron chi connectivity index (χ4n) is 9.94.